The van der Waals surface area contributed by atoms with Gasteiger partial charge in [0.2, 0.25) is 0 Å². The molecule has 0 aliphatic rings. The first-order chi connectivity index (χ1) is 6.68. The van der Waals surface area contributed by atoms with Gasteiger partial charge in [-0.05, 0) is 18.2 Å². The van der Waals surface area contributed by atoms with Gasteiger partial charge >= 0.3 is 0 Å². The molecule has 2 aromatic heterocycles. The van der Waals surface area contributed by atoms with Gasteiger partial charge in [0.1, 0.15) is 11.5 Å². The molecule has 0 bridgehead atoms. The first-order valence-corrected chi connectivity index (χ1v) is 4.69. The van der Waals surface area contributed by atoms with Crippen molar-refractivity contribution in [2.45, 2.75) is 0 Å². The summed E-state index contributed by atoms with van der Waals surface area (Å²) in [7, 11) is 0. The van der Waals surface area contributed by atoms with Crippen molar-refractivity contribution in [3.8, 4) is 11.4 Å². The van der Waals surface area contributed by atoms with Crippen molar-refractivity contribution in [2.24, 2.45) is 0 Å². The van der Waals surface area contributed by atoms with Crippen LogP contribution in [0.25, 0.3) is 11.4 Å². The summed E-state index contributed by atoms with van der Waals surface area (Å²) in [6, 6.07) is 5.31. The third-order valence-electron chi connectivity index (χ3n) is 1.81. The van der Waals surface area contributed by atoms with Gasteiger partial charge in [-0.2, -0.15) is 0 Å². The normalized spacial score (nSPS) is 10.4. The summed E-state index contributed by atoms with van der Waals surface area (Å²) in [6.45, 7) is 0. The molecule has 3 N–H and O–H groups in total. The van der Waals surface area contributed by atoms with Crippen molar-refractivity contribution in [1.82, 2.24) is 9.97 Å². The monoisotopic (exact) mass is 227 g/mol. The molecule has 0 atom stereocenters. The standard InChI is InChI=1S/C9H7Cl2N3/c10-5-4-6(11)9(12)14-8(5)7-2-1-3-13-7/h1-4,13H,(H2,12,14). The van der Waals surface area contributed by atoms with Crippen LogP contribution in [-0.2, 0) is 0 Å². The number of aromatic amines is 1. The van der Waals surface area contributed by atoms with Crippen molar-refractivity contribution in [3.63, 3.8) is 0 Å². The predicted molar refractivity (Wildman–Crippen MR) is 58.5 cm³/mol. The van der Waals surface area contributed by atoms with Gasteiger partial charge in [-0.15, -0.1) is 0 Å². The Labute approximate surface area is 90.9 Å². The predicted octanol–water partition coefficient (Wildman–Crippen LogP) is 2.97. The number of anilines is 1. The molecule has 0 aliphatic heterocycles. The number of H-pyrrole nitrogens is 1. The maximum Gasteiger partial charge on any atom is 0.143 e. The summed E-state index contributed by atoms with van der Waals surface area (Å²) in [5.41, 5.74) is 7.01. The lowest BCUT2D eigenvalue weighted by Gasteiger charge is -2.03. The highest BCUT2D eigenvalue weighted by atomic mass is 35.5. The smallest absolute Gasteiger partial charge is 0.143 e. The van der Waals surface area contributed by atoms with E-state index in [9.17, 15) is 0 Å². The molecular weight excluding hydrogens is 221 g/mol. The van der Waals surface area contributed by atoms with Crippen LogP contribution in [0, 0.1) is 0 Å². The first kappa shape index (κ1) is 9.37. The number of nitrogen functional groups attached to an aromatic ring is 1. The Morgan fingerprint density at radius 1 is 1.29 bits per heavy atom. The largest absolute Gasteiger partial charge is 0.382 e. The molecule has 0 radical (unpaired) electrons. The van der Waals surface area contributed by atoms with Crippen LogP contribution in [-0.4, -0.2) is 9.97 Å². The van der Waals surface area contributed by atoms with E-state index in [4.69, 9.17) is 28.9 Å². The second-order valence-corrected chi connectivity index (χ2v) is 3.58. The number of nitrogens with one attached hydrogen (secondary N) is 1. The zero-order valence-corrected chi connectivity index (χ0v) is 8.60. The summed E-state index contributed by atoms with van der Waals surface area (Å²) in [4.78, 5) is 7.09. The Kier molecular flexibility index (Phi) is 2.35. The van der Waals surface area contributed by atoms with Gasteiger partial charge in [-0.3, -0.25) is 0 Å². The highest BCUT2D eigenvalue weighted by Gasteiger charge is 2.09. The fourth-order valence-corrected chi connectivity index (χ4v) is 1.61. The third-order valence-corrected chi connectivity index (χ3v) is 2.40. The molecule has 0 unspecified atom stereocenters. The lowest BCUT2D eigenvalue weighted by Crippen LogP contribution is -1.94. The molecule has 0 saturated carbocycles. The number of nitrogens with zero attached hydrogens (tertiary/aromatic N) is 1. The second-order valence-electron chi connectivity index (χ2n) is 2.77. The van der Waals surface area contributed by atoms with Crippen molar-refractivity contribution >= 4 is 29.0 Å². The third kappa shape index (κ3) is 1.56. The molecule has 5 heteroatoms. The quantitative estimate of drug-likeness (QED) is 0.788. The number of nitrogens with two attached hydrogens (primary N) is 1. The summed E-state index contributed by atoms with van der Waals surface area (Å²) in [5.74, 6) is 0.278. The van der Waals surface area contributed by atoms with Crippen LogP contribution >= 0.6 is 23.2 Å². The minimum atomic E-state index is 0.278. The van der Waals surface area contributed by atoms with Crippen LogP contribution in [0.5, 0.6) is 0 Å². The number of pyridine rings is 1. The van der Waals surface area contributed by atoms with E-state index in [1.807, 2.05) is 12.1 Å². The molecule has 0 amide bonds. The van der Waals surface area contributed by atoms with E-state index in [1.165, 1.54) is 0 Å². The molecule has 3 nitrogen and oxygen atoms in total. The van der Waals surface area contributed by atoms with Gasteiger partial charge in [0.15, 0.2) is 0 Å². The van der Waals surface area contributed by atoms with E-state index in [2.05, 4.69) is 9.97 Å². The van der Waals surface area contributed by atoms with Crippen LogP contribution in [0.1, 0.15) is 0 Å². The first-order valence-electron chi connectivity index (χ1n) is 3.94. The Morgan fingerprint density at radius 2 is 2.07 bits per heavy atom. The average Bonchev–Trinajstić information content (AvgIpc) is 2.64. The van der Waals surface area contributed by atoms with Gasteiger partial charge in [0.25, 0.3) is 0 Å². The fraction of sp³-hybridized carbons (Fsp3) is 0. The zero-order chi connectivity index (χ0) is 10.1. The highest BCUT2D eigenvalue weighted by Crippen LogP contribution is 2.29. The molecule has 14 heavy (non-hydrogen) atoms. The average molecular weight is 228 g/mol. The van der Waals surface area contributed by atoms with E-state index in [0.29, 0.717) is 15.7 Å². The zero-order valence-electron chi connectivity index (χ0n) is 7.09. The van der Waals surface area contributed by atoms with Crippen molar-refractivity contribution in [1.29, 1.82) is 0 Å². The Bertz CT molecular complexity index is 451. The molecule has 2 rings (SSSR count). The number of hydrogen-bond donors (Lipinski definition) is 2. The molecule has 0 saturated heterocycles. The van der Waals surface area contributed by atoms with Gasteiger partial charge in [0, 0.05) is 6.20 Å². The summed E-state index contributed by atoms with van der Waals surface area (Å²) in [5, 5.41) is 0.844. The number of hydrogen-bond acceptors (Lipinski definition) is 2. The van der Waals surface area contributed by atoms with E-state index >= 15 is 0 Å². The second kappa shape index (κ2) is 3.52. The van der Waals surface area contributed by atoms with Crippen LogP contribution < -0.4 is 5.73 Å². The van der Waals surface area contributed by atoms with Crippen LogP contribution in [0.2, 0.25) is 10.0 Å². The summed E-state index contributed by atoms with van der Waals surface area (Å²) >= 11 is 11.7. The molecule has 0 spiro atoms. The maximum absolute atomic E-state index is 5.97. The number of rotatable bonds is 1. The van der Waals surface area contributed by atoms with E-state index in [-0.39, 0.29) is 5.82 Å². The van der Waals surface area contributed by atoms with Crippen molar-refractivity contribution in [3.05, 3.63) is 34.4 Å². The molecular formula is C9H7Cl2N3. The Balaban J connectivity index is 2.60. The van der Waals surface area contributed by atoms with E-state index in [0.717, 1.165) is 5.69 Å². The molecule has 72 valence electrons. The van der Waals surface area contributed by atoms with Gasteiger partial charge in [-0.25, -0.2) is 4.98 Å². The SMILES string of the molecule is Nc1nc(-c2ccc[nH]2)c(Cl)cc1Cl. The summed E-state index contributed by atoms with van der Waals surface area (Å²) in [6.07, 6.45) is 1.79. The molecule has 0 aliphatic carbocycles. The molecule has 0 aromatic carbocycles. The van der Waals surface area contributed by atoms with E-state index in [1.54, 1.807) is 12.3 Å². The fourth-order valence-electron chi connectivity index (χ4n) is 1.15. The summed E-state index contributed by atoms with van der Waals surface area (Å²) < 4.78 is 0. The van der Waals surface area contributed by atoms with Crippen molar-refractivity contribution < 1.29 is 0 Å². The van der Waals surface area contributed by atoms with Crippen molar-refractivity contribution in [2.75, 3.05) is 5.73 Å². The van der Waals surface area contributed by atoms with Gasteiger partial charge < -0.3 is 10.7 Å². The van der Waals surface area contributed by atoms with Crippen LogP contribution in [0.3, 0.4) is 0 Å². The minimum Gasteiger partial charge on any atom is -0.382 e. The van der Waals surface area contributed by atoms with Crippen LogP contribution in [0.4, 0.5) is 5.82 Å². The maximum atomic E-state index is 5.97. The Hall–Kier alpha value is -1.19. The molecule has 0 fully saturated rings. The lowest BCUT2D eigenvalue weighted by molar-refractivity contribution is 1.29. The van der Waals surface area contributed by atoms with Crippen LogP contribution in [0.15, 0.2) is 24.4 Å². The number of aromatic nitrogens is 2. The molecule has 2 heterocycles. The highest BCUT2D eigenvalue weighted by molar-refractivity contribution is 6.37. The molecule has 2 aromatic rings. The van der Waals surface area contributed by atoms with Gasteiger partial charge in [-0.1, -0.05) is 23.2 Å². The van der Waals surface area contributed by atoms with Gasteiger partial charge in [0.05, 0.1) is 15.7 Å². The lowest BCUT2D eigenvalue weighted by atomic mass is 10.2. The number of halogens is 2. The van der Waals surface area contributed by atoms with E-state index < -0.39 is 0 Å². The topological polar surface area (TPSA) is 54.7 Å². The Morgan fingerprint density at radius 3 is 2.71 bits per heavy atom. The minimum absolute atomic E-state index is 0.278.